The second-order valence-corrected chi connectivity index (χ2v) is 3.88. The Balaban J connectivity index is 2.84. The molecule has 0 unspecified atom stereocenters. The molecule has 1 aliphatic rings. The minimum absolute atomic E-state index is 0.512. The van der Waals surface area contributed by atoms with Gasteiger partial charge < -0.3 is 0 Å². The third-order valence-electron chi connectivity index (χ3n) is 2.46. The summed E-state index contributed by atoms with van der Waals surface area (Å²) in [6, 6.07) is 0. The molecule has 2 nitrogen and oxygen atoms in total. The number of hydrogen-bond donors (Lipinski definition) is 0. The summed E-state index contributed by atoms with van der Waals surface area (Å²) in [6.07, 6.45) is 3.79. The normalized spacial score (nSPS) is 21.8. The highest BCUT2D eigenvalue weighted by Gasteiger charge is 2.44. The molecule has 0 spiro atoms. The van der Waals surface area contributed by atoms with Gasteiger partial charge in [0.05, 0.1) is 0 Å². The SMILES string of the molecule is O=C(Cl)C1(C(=O)Cl)CCCCC1. The molecule has 0 aliphatic heterocycles. The predicted molar refractivity (Wildman–Crippen MR) is 47.2 cm³/mol. The lowest BCUT2D eigenvalue weighted by Gasteiger charge is -2.29. The fraction of sp³-hybridized carbons (Fsp3) is 0.750. The zero-order valence-corrected chi connectivity index (χ0v) is 8.12. The van der Waals surface area contributed by atoms with Crippen molar-refractivity contribution in [2.24, 2.45) is 5.41 Å². The van der Waals surface area contributed by atoms with E-state index >= 15 is 0 Å². The lowest BCUT2D eigenvalue weighted by atomic mass is 9.76. The van der Waals surface area contributed by atoms with Crippen molar-refractivity contribution in [2.75, 3.05) is 0 Å². The molecule has 68 valence electrons. The molecule has 1 aliphatic carbocycles. The Hall–Kier alpha value is -0.0800. The summed E-state index contributed by atoms with van der Waals surface area (Å²) in [7, 11) is 0. The molecule has 0 amide bonds. The third-order valence-corrected chi connectivity index (χ3v) is 3.18. The van der Waals surface area contributed by atoms with Gasteiger partial charge in [0.25, 0.3) is 0 Å². The zero-order valence-electron chi connectivity index (χ0n) is 6.61. The van der Waals surface area contributed by atoms with Crippen LogP contribution in [0, 0.1) is 5.41 Å². The Kier molecular flexibility index (Phi) is 3.13. The van der Waals surface area contributed by atoms with Crippen LogP contribution >= 0.6 is 23.2 Å². The molecule has 0 bridgehead atoms. The summed E-state index contributed by atoms with van der Waals surface area (Å²) in [5, 5.41) is -1.19. The summed E-state index contributed by atoms with van der Waals surface area (Å²) in [6.45, 7) is 0. The lowest BCUT2D eigenvalue weighted by molar-refractivity contribution is -0.133. The van der Waals surface area contributed by atoms with E-state index in [1.807, 2.05) is 0 Å². The zero-order chi connectivity index (χ0) is 9.19. The van der Waals surface area contributed by atoms with E-state index in [4.69, 9.17) is 23.2 Å². The van der Waals surface area contributed by atoms with Crippen molar-refractivity contribution in [1.29, 1.82) is 0 Å². The maximum Gasteiger partial charge on any atom is 0.236 e. The summed E-state index contributed by atoms with van der Waals surface area (Å²) >= 11 is 10.7. The van der Waals surface area contributed by atoms with Crippen LogP contribution in [0.2, 0.25) is 0 Å². The van der Waals surface area contributed by atoms with Crippen LogP contribution in [0.5, 0.6) is 0 Å². The van der Waals surface area contributed by atoms with Gasteiger partial charge in [-0.1, -0.05) is 19.3 Å². The molecule has 12 heavy (non-hydrogen) atoms. The average Bonchev–Trinajstić information content (AvgIpc) is 2.05. The molecular formula is C8H10Cl2O2. The first-order valence-electron chi connectivity index (χ1n) is 3.99. The number of carbonyl (C=O) groups is 2. The Labute approximate surface area is 81.2 Å². The molecule has 0 N–H and O–H groups in total. The van der Waals surface area contributed by atoms with Crippen molar-refractivity contribution in [3.05, 3.63) is 0 Å². The molecular weight excluding hydrogens is 199 g/mol. The Morgan fingerprint density at radius 3 is 1.58 bits per heavy atom. The Morgan fingerprint density at radius 2 is 1.33 bits per heavy atom. The molecule has 1 saturated carbocycles. The van der Waals surface area contributed by atoms with E-state index in [-0.39, 0.29) is 0 Å². The Morgan fingerprint density at radius 1 is 0.917 bits per heavy atom. The topological polar surface area (TPSA) is 34.1 Å². The van der Waals surface area contributed by atoms with E-state index in [9.17, 15) is 9.59 Å². The number of carbonyl (C=O) groups excluding carboxylic acids is 2. The van der Waals surface area contributed by atoms with Gasteiger partial charge in [-0.3, -0.25) is 9.59 Å². The lowest BCUT2D eigenvalue weighted by Crippen LogP contribution is -2.36. The summed E-state index contributed by atoms with van der Waals surface area (Å²) in [5.74, 6) is 0. The highest BCUT2D eigenvalue weighted by molar-refractivity contribution is 6.74. The van der Waals surface area contributed by atoms with Crippen LogP contribution in [0.25, 0.3) is 0 Å². The van der Waals surface area contributed by atoms with Gasteiger partial charge in [0.1, 0.15) is 5.41 Å². The maximum atomic E-state index is 11.0. The van der Waals surface area contributed by atoms with Gasteiger partial charge in [-0.15, -0.1) is 0 Å². The van der Waals surface area contributed by atoms with Gasteiger partial charge in [0.2, 0.25) is 10.5 Å². The quantitative estimate of drug-likeness (QED) is 0.517. The smallest absolute Gasteiger partial charge is 0.236 e. The minimum Gasteiger partial charge on any atom is -0.280 e. The molecule has 4 heteroatoms. The third kappa shape index (κ3) is 1.64. The van der Waals surface area contributed by atoms with Gasteiger partial charge in [-0.2, -0.15) is 0 Å². The van der Waals surface area contributed by atoms with Crippen LogP contribution in [0.1, 0.15) is 32.1 Å². The summed E-state index contributed by atoms with van der Waals surface area (Å²) in [5.41, 5.74) is -1.07. The van der Waals surface area contributed by atoms with Gasteiger partial charge >= 0.3 is 0 Å². The molecule has 0 aromatic rings. The average molecular weight is 209 g/mol. The van der Waals surface area contributed by atoms with Crippen molar-refractivity contribution in [1.82, 2.24) is 0 Å². The molecule has 1 rings (SSSR count). The van der Waals surface area contributed by atoms with Crippen molar-refractivity contribution in [3.63, 3.8) is 0 Å². The molecule has 0 heterocycles. The second-order valence-electron chi connectivity index (χ2n) is 3.19. The second kappa shape index (κ2) is 3.75. The standard InChI is InChI=1S/C8H10Cl2O2/c9-6(11)8(7(10)12)4-2-1-3-5-8/h1-5H2. The van der Waals surface area contributed by atoms with Crippen LogP contribution in [0.15, 0.2) is 0 Å². The van der Waals surface area contributed by atoms with Crippen LogP contribution in [0.4, 0.5) is 0 Å². The number of hydrogen-bond acceptors (Lipinski definition) is 2. The molecule has 1 fully saturated rings. The largest absolute Gasteiger partial charge is 0.280 e. The van der Waals surface area contributed by atoms with Crippen LogP contribution in [0.3, 0.4) is 0 Å². The maximum absolute atomic E-state index is 11.0. The molecule has 0 radical (unpaired) electrons. The molecule has 0 saturated heterocycles. The molecule has 0 atom stereocenters. The number of halogens is 2. The Bertz CT molecular complexity index is 191. The van der Waals surface area contributed by atoms with Gasteiger partial charge in [0.15, 0.2) is 0 Å². The van der Waals surface area contributed by atoms with Crippen molar-refractivity contribution >= 4 is 33.7 Å². The van der Waals surface area contributed by atoms with E-state index in [0.29, 0.717) is 12.8 Å². The fourth-order valence-electron chi connectivity index (χ4n) is 1.63. The van der Waals surface area contributed by atoms with Crippen molar-refractivity contribution in [2.45, 2.75) is 32.1 Å². The van der Waals surface area contributed by atoms with Gasteiger partial charge in [0, 0.05) is 0 Å². The van der Waals surface area contributed by atoms with E-state index in [2.05, 4.69) is 0 Å². The van der Waals surface area contributed by atoms with E-state index in [1.165, 1.54) is 0 Å². The van der Waals surface area contributed by atoms with Crippen LogP contribution in [-0.4, -0.2) is 10.5 Å². The van der Waals surface area contributed by atoms with Gasteiger partial charge in [-0.25, -0.2) is 0 Å². The van der Waals surface area contributed by atoms with Gasteiger partial charge in [-0.05, 0) is 36.0 Å². The monoisotopic (exact) mass is 208 g/mol. The fourth-order valence-corrected chi connectivity index (χ4v) is 2.22. The van der Waals surface area contributed by atoms with Crippen molar-refractivity contribution in [3.8, 4) is 0 Å². The van der Waals surface area contributed by atoms with Crippen LogP contribution < -0.4 is 0 Å². The van der Waals surface area contributed by atoms with E-state index in [1.54, 1.807) is 0 Å². The first kappa shape index (κ1) is 10.0. The first-order valence-corrected chi connectivity index (χ1v) is 4.75. The first-order chi connectivity index (χ1) is 5.59. The highest BCUT2D eigenvalue weighted by atomic mass is 35.5. The van der Waals surface area contributed by atoms with Crippen LogP contribution in [-0.2, 0) is 9.59 Å². The van der Waals surface area contributed by atoms with E-state index in [0.717, 1.165) is 19.3 Å². The van der Waals surface area contributed by atoms with Crippen molar-refractivity contribution < 1.29 is 9.59 Å². The summed E-state index contributed by atoms with van der Waals surface area (Å²) < 4.78 is 0. The highest BCUT2D eigenvalue weighted by Crippen LogP contribution is 2.40. The predicted octanol–water partition coefficient (Wildman–Crippen LogP) is 2.47. The molecule has 0 aromatic carbocycles. The van der Waals surface area contributed by atoms with E-state index < -0.39 is 15.9 Å². The summed E-state index contributed by atoms with van der Waals surface area (Å²) in [4.78, 5) is 22.0. The minimum atomic E-state index is -1.07. The number of rotatable bonds is 2. The molecule has 0 aromatic heterocycles.